The van der Waals surface area contributed by atoms with Crippen LogP contribution in [-0.2, 0) is 13.6 Å². The highest BCUT2D eigenvalue weighted by Crippen LogP contribution is 2.28. The van der Waals surface area contributed by atoms with E-state index < -0.39 is 0 Å². The van der Waals surface area contributed by atoms with Crippen molar-refractivity contribution in [1.82, 2.24) is 14.7 Å². The van der Waals surface area contributed by atoms with Gasteiger partial charge in [-0.2, -0.15) is 5.10 Å². The van der Waals surface area contributed by atoms with E-state index in [1.165, 1.54) is 23.1 Å². The molecule has 124 valence electrons. The lowest BCUT2D eigenvalue weighted by Crippen LogP contribution is -2.46. The Labute approximate surface area is 139 Å². The van der Waals surface area contributed by atoms with Crippen LogP contribution < -0.4 is 5.73 Å². The van der Waals surface area contributed by atoms with Crippen molar-refractivity contribution in [3.63, 3.8) is 0 Å². The monoisotopic (exact) mass is 312 g/mol. The van der Waals surface area contributed by atoms with Gasteiger partial charge in [-0.1, -0.05) is 31.2 Å². The minimum Gasteiger partial charge on any atom is -0.330 e. The number of piperidine rings is 1. The van der Waals surface area contributed by atoms with Gasteiger partial charge in [0.05, 0.1) is 6.20 Å². The van der Waals surface area contributed by atoms with Gasteiger partial charge in [-0.3, -0.25) is 9.58 Å². The van der Waals surface area contributed by atoms with E-state index in [1.54, 1.807) is 0 Å². The number of benzene rings is 1. The number of aryl methyl sites for hydroxylation is 1. The Bertz CT molecular complexity index is 631. The summed E-state index contributed by atoms with van der Waals surface area (Å²) in [6, 6.07) is 9.51. The highest BCUT2D eigenvalue weighted by atomic mass is 15.2. The van der Waals surface area contributed by atoms with Gasteiger partial charge in [0, 0.05) is 37.9 Å². The summed E-state index contributed by atoms with van der Waals surface area (Å²) in [4.78, 5) is 2.58. The Balaban J connectivity index is 1.68. The average molecular weight is 312 g/mol. The third kappa shape index (κ3) is 3.65. The molecule has 23 heavy (non-hydrogen) atoms. The van der Waals surface area contributed by atoms with Crippen LogP contribution in [0, 0.1) is 11.8 Å². The lowest BCUT2D eigenvalue weighted by Gasteiger charge is -2.41. The fourth-order valence-electron chi connectivity index (χ4n) is 3.68. The summed E-state index contributed by atoms with van der Waals surface area (Å²) in [5.41, 5.74) is 9.71. The van der Waals surface area contributed by atoms with Crippen molar-refractivity contribution in [3.8, 4) is 11.1 Å². The zero-order chi connectivity index (χ0) is 16.4. The van der Waals surface area contributed by atoms with Gasteiger partial charge >= 0.3 is 0 Å². The predicted octanol–water partition coefficient (Wildman–Crippen LogP) is 2.89. The molecule has 2 N–H and O–H groups in total. The predicted molar refractivity (Wildman–Crippen MR) is 94.8 cm³/mol. The number of nitrogens with two attached hydrogens (primary N) is 1. The molecule has 0 bridgehead atoms. The zero-order valence-corrected chi connectivity index (χ0v) is 14.4. The first kappa shape index (κ1) is 16.2. The summed E-state index contributed by atoms with van der Waals surface area (Å²) in [5.74, 6) is 1.36. The van der Waals surface area contributed by atoms with E-state index in [9.17, 15) is 0 Å². The van der Waals surface area contributed by atoms with Crippen molar-refractivity contribution in [1.29, 1.82) is 0 Å². The van der Waals surface area contributed by atoms with Crippen molar-refractivity contribution in [2.75, 3.05) is 13.1 Å². The molecule has 1 aliphatic rings. The van der Waals surface area contributed by atoms with E-state index in [0.29, 0.717) is 12.0 Å². The van der Waals surface area contributed by atoms with Gasteiger partial charge in [0.15, 0.2) is 0 Å². The van der Waals surface area contributed by atoms with Crippen LogP contribution in [0.2, 0.25) is 0 Å². The number of hydrogen-bond acceptors (Lipinski definition) is 3. The Morgan fingerprint density at radius 3 is 2.52 bits per heavy atom. The molecule has 3 rings (SSSR count). The Kier molecular flexibility index (Phi) is 4.83. The van der Waals surface area contributed by atoms with Crippen LogP contribution in [0.15, 0.2) is 36.7 Å². The van der Waals surface area contributed by atoms with E-state index in [0.717, 1.165) is 25.6 Å². The normalized spacial score (nSPS) is 25.7. The molecular weight excluding hydrogens is 284 g/mol. The van der Waals surface area contributed by atoms with Crippen LogP contribution in [-0.4, -0.2) is 33.8 Å². The maximum Gasteiger partial charge on any atom is 0.0568 e. The number of aromatic nitrogens is 2. The molecule has 1 aliphatic heterocycles. The molecule has 0 radical (unpaired) electrons. The van der Waals surface area contributed by atoms with Crippen LogP contribution >= 0.6 is 0 Å². The summed E-state index contributed by atoms with van der Waals surface area (Å²) in [6.07, 6.45) is 5.21. The second-order valence-electron chi connectivity index (χ2n) is 7.09. The summed E-state index contributed by atoms with van der Waals surface area (Å²) < 4.78 is 1.84. The number of rotatable bonds is 4. The molecule has 0 amide bonds. The Morgan fingerprint density at radius 1 is 1.17 bits per heavy atom. The fourth-order valence-corrected chi connectivity index (χ4v) is 3.68. The third-order valence-corrected chi connectivity index (χ3v) is 5.29. The molecule has 1 saturated heterocycles. The van der Waals surface area contributed by atoms with Gasteiger partial charge < -0.3 is 5.73 Å². The van der Waals surface area contributed by atoms with E-state index in [4.69, 9.17) is 5.73 Å². The highest BCUT2D eigenvalue weighted by Gasteiger charge is 2.29. The molecule has 3 atom stereocenters. The van der Waals surface area contributed by atoms with Crippen LogP contribution in [0.5, 0.6) is 0 Å². The van der Waals surface area contributed by atoms with Crippen molar-refractivity contribution >= 4 is 0 Å². The highest BCUT2D eigenvalue weighted by molar-refractivity contribution is 5.61. The standard InChI is InChI=1S/C19H28N4/c1-14-8-15(2)23(13-18(14)9-20)11-16-4-6-17(7-5-16)19-10-21-22(3)12-19/h4-7,10,12,14-15,18H,8-9,11,13,20H2,1-3H3. The largest absolute Gasteiger partial charge is 0.330 e. The second-order valence-corrected chi connectivity index (χ2v) is 7.09. The van der Waals surface area contributed by atoms with Crippen molar-refractivity contribution < 1.29 is 0 Å². The summed E-state index contributed by atoms with van der Waals surface area (Å²) >= 11 is 0. The maximum atomic E-state index is 5.95. The Hall–Kier alpha value is -1.65. The third-order valence-electron chi connectivity index (χ3n) is 5.29. The van der Waals surface area contributed by atoms with Gasteiger partial charge in [0.25, 0.3) is 0 Å². The first-order valence-corrected chi connectivity index (χ1v) is 8.59. The van der Waals surface area contributed by atoms with Crippen LogP contribution in [0.4, 0.5) is 0 Å². The molecule has 4 nitrogen and oxygen atoms in total. The van der Waals surface area contributed by atoms with Crippen LogP contribution in [0.1, 0.15) is 25.8 Å². The van der Waals surface area contributed by atoms with Gasteiger partial charge in [-0.05, 0) is 42.9 Å². The lowest BCUT2D eigenvalue weighted by atomic mass is 9.83. The number of likely N-dealkylation sites (tertiary alicyclic amines) is 1. The smallest absolute Gasteiger partial charge is 0.0568 e. The quantitative estimate of drug-likeness (QED) is 0.944. The van der Waals surface area contributed by atoms with Gasteiger partial charge in [-0.25, -0.2) is 0 Å². The van der Waals surface area contributed by atoms with E-state index in [2.05, 4.69) is 54.3 Å². The van der Waals surface area contributed by atoms with E-state index in [-0.39, 0.29) is 0 Å². The lowest BCUT2D eigenvalue weighted by molar-refractivity contribution is 0.0750. The van der Waals surface area contributed by atoms with Gasteiger partial charge in [0.2, 0.25) is 0 Å². The van der Waals surface area contributed by atoms with E-state index in [1.807, 2.05) is 17.9 Å². The van der Waals surface area contributed by atoms with Gasteiger partial charge in [0.1, 0.15) is 0 Å². The van der Waals surface area contributed by atoms with Crippen LogP contribution in [0.3, 0.4) is 0 Å². The second kappa shape index (κ2) is 6.85. The molecule has 2 heterocycles. The van der Waals surface area contributed by atoms with Crippen molar-refractivity contribution in [3.05, 3.63) is 42.2 Å². The molecule has 1 aromatic carbocycles. The number of nitrogens with zero attached hydrogens (tertiary/aromatic N) is 3. The summed E-state index contributed by atoms with van der Waals surface area (Å²) in [5, 5.41) is 4.24. The summed E-state index contributed by atoms with van der Waals surface area (Å²) in [6.45, 7) is 7.60. The minimum absolute atomic E-state index is 0.626. The number of hydrogen-bond donors (Lipinski definition) is 1. The van der Waals surface area contributed by atoms with Gasteiger partial charge in [-0.15, -0.1) is 0 Å². The van der Waals surface area contributed by atoms with Crippen molar-refractivity contribution in [2.24, 2.45) is 24.6 Å². The molecule has 0 spiro atoms. The van der Waals surface area contributed by atoms with E-state index >= 15 is 0 Å². The molecule has 2 aromatic rings. The zero-order valence-electron chi connectivity index (χ0n) is 14.4. The fraction of sp³-hybridized carbons (Fsp3) is 0.526. The molecule has 1 fully saturated rings. The molecule has 1 aromatic heterocycles. The summed E-state index contributed by atoms with van der Waals surface area (Å²) in [7, 11) is 1.95. The average Bonchev–Trinajstić information content (AvgIpc) is 2.97. The topological polar surface area (TPSA) is 47.1 Å². The Morgan fingerprint density at radius 2 is 1.91 bits per heavy atom. The van der Waals surface area contributed by atoms with Crippen LogP contribution in [0.25, 0.3) is 11.1 Å². The molecule has 3 unspecified atom stereocenters. The first-order valence-electron chi connectivity index (χ1n) is 8.59. The first-order chi connectivity index (χ1) is 11.1. The van der Waals surface area contributed by atoms with Crippen molar-refractivity contribution in [2.45, 2.75) is 32.9 Å². The molecule has 0 saturated carbocycles. The minimum atomic E-state index is 0.626. The SMILES string of the molecule is CC1CC(C)N(Cc2ccc(-c3cnn(C)c3)cc2)CC1CN. The molecule has 4 heteroatoms. The maximum absolute atomic E-state index is 5.95. The molecule has 0 aliphatic carbocycles. The molecular formula is C19H28N4.